The van der Waals surface area contributed by atoms with E-state index in [2.05, 4.69) is 10.4 Å². The maximum Gasteiger partial charge on any atom is 0.390 e. The van der Waals surface area contributed by atoms with Crippen molar-refractivity contribution in [1.29, 1.82) is 0 Å². The second kappa shape index (κ2) is 5.53. The minimum atomic E-state index is -4.13. The van der Waals surface area contributed by atoms with Crippen LogP contribution in [0.3, 0.4) is 0 Å². The second-order valence-corrected chi connectivity index (χ2v) is 6.03. The summed E-state index contributed by atoms with van der Waals surface area (Å²) >= 11 is 0. The van der Waals surface area contributed by atoms with Crippen LogP contribution < -0.4 is 5.32 Å². The lowest BCUT2D eigenvalue weighted by atomic mass is 9.89. The number of alkyl halides is 3. The van der Waals surface area contributed by atoms with Gasteiger partial charge < -0.3 is 5.32 Å². The standard InChI is InChI=1S/C13H22F3N3/c1-9(6-13(14,15)16)17-7-10-8-19(5)18-11(10)12(2,3)4/h8-9,17H,6-7H2,1-5H3. The summed E-state index contributed by atoms with van der Waals surface area (Å²) in [5, 5.41) is 7.30. The first kappa shape index (κ1) is 16.0. The molecule has 0 spiro atoms. The third kappa shape index (κ3) is 5.22. The van der Waals surface area contributed by atoms with Crippen LogP contribution in [0, 0.1) is 0 Å². The van der Waals surface area contributed by atoms with Crippen molar-refractivity contribution in [2.24, 2.45) is 7.05 Å². The van der Waals surface area contributed by atoms with Gasteiger partial charge >= 0.3 is 6.18 Å². The summed E-state index contributed by atoms with van der Waals surface area (Å²) in [6, 6.07) is -0.604. The number of aromatic nitrogens is 2. The van der Waals surface area contributed by atoms with Gasteiger partial charge in [0.2, 0.25) is 0 Å². The van der Waals surface area contributed by atoms with Crippen molar-refractivity contribution in [3.8, 4) is 0 Å². The predicted octanol–water partition coefficient (Wildman–Crippen LogP) is 3.15. The van der Waals surface area contributed by atoms with Gasteiger partial charge in [0.05, 0.1) is 12.1 Å². The van der Waals surface area contributed by atoms with Crippen molar-refractivity contribution in [2.75, 3.05) is 0 Å². The van der Waals surface area contributed by atoms with E-state index in [1.807, 2.05) is 34.0 Å². The molecule has 0 aliphatic rings. The average molecular weight is 277 g/mol. The summed E-state index contributed by atoms with van der Waals surface area (Å²) in [7, 11) is 1.82. The normalized spacial score (nSPS) is 14.7. The maximum absolute atomic E-state index is 12.2. The second-order valence-electron chi connectivity index (χ2n) is 6.03. The Balaban J connectivity index is 2.68. The molecule has 0 aliphatic carbocycles. The van der Waals surface area contributed by atoms with Gasteiger partial charge in [0.1, 0.15) is 0 Å². The number of halogens is 3. The third-order valence-electron chi connectivity index (χ3n) is 2.79. The lowest BCUT2D eigenvalue weighted by Gasteiger charge is -2.19. The Bertz CT molecular complexity index is 416. The largest absolute Gasteiger partial charge is 0.390 e. The number of aryl methyl sites for hydroxylation is 1. The molecule has 0 amide bonds. The van der Waals surface area contributed by atoms with Crippen molar-refractivity contribution in [1.82, 2.24) is 15.1 Å². The van der Waals surface area contributed by atoms with Gasteiger partial charge in [-0.3, -0.25) is 4.68 Å². The van der Waals surface area contributed by atoms with Crippen LogP contribution in [0.2, 0.25) is 0 Å². The van der Waals surface area contributed by atoms with E-state index >= 15 is 0 Å². The van der Waals surface area contributed by atoms with Crippen molar-refractivity contribution in [3.05, 3.63) is 17.5 Å². The highest BCUT2D eigenvalue weighted by Crippen LogP contribution is 2.25. The van der Waals surface area contributed by atoms with Gasteiger partial charge in [-0.1, -0.05) is 20.8 Å². The summed E-state index contributed by atoms with van der Waals surface area (Å²) < 4.78 is 38.4. The molecule has 1 heterocycles. The highest BCUT2D eigenvalue weighted by atomic mass is 19.4. The van der Waals surface area contributed by atoms with Crippen LogP contribution in [-0.4, -0.2) is 22.0 Å². The van der Waals surface area contributed by atoms with Crippen LogP contribution in [-0.2, 0) is 19.0 Å². The van der Waals surface area contributed by atoms with Crippen LogP contribution >= 0.6 is 0 Å². The molecule has 1 unspecified atom stereocenters. The number of nitrogens with zero attached hydrogens (tertiary/aromatic N) is 2. The molecule has 1 aromatic rings. The molecule has 0 aromatic carbocycles. The van der Waals surface area contributed by atoms with E-state index in [9.17, 15) is 13.2 Å². The molecule has 0 bridgehead atoms. The molecule has 3 nitrogen and oxygen atoms in total. The van der Waals surface area contributed by atoms with Gasteiger partial charge in [0, 0.05) is 36.8 Å². The minimum absolute atomic E-state index is 0.120. The number of hydrogen-bond acceptors (Lipinski definition) is 2. The first-order valence-corrected chi connectivity index (χ1v) is 6.32. The number of nitrogens with one attached hydrogen (secondary N) is 1. The van der Waals surface area contributed by atoms with Crippen LogP contribution in [0.25, 0.3) is 0 Å². The van der Waals surface area contributed by atoms with Gasteiger partial charge in [-0.15, -0.1) is 0 Å². The number of hydrogen-bond donors (Lipinski definition) is 1. The minimum Gasteiger partial charge on any atom is -0.310 e. The van der Waals surface area contributed by atoms with Crippen LogP contribution in [0.1, 0.15) is 45.4 Å². The predicted molar refractivity (Wildman–Crippen MR) is 68.9 cm³/mol. The molecule has 1 aromatic heterocycles. The molecule has 1 rings (SSSR count). The van der Waals surface area contributed by atoms with Gasteiger partial charge in [0.15, 0.2) is 0 Å². The Morgan fingerprint density at radius 1 is 1.32 bits per heavy atom. The molecular weight excluding hydrogens is 255 g/mol. The molecule has 6 heteroatoms. The lowest BCUT2D eigenvalue weighted by Crippen LogP contribution is -2.31. The highest BCUT2D eigenvalue weighted by molar-refractivity contribution is 5.23. The molecule has 0 aliphatic heterocycles. The zero-order valence-corrected chi connectivity index (χ0v) is 12.1. The maximum atomic E-state index is 12.2. The Morgan fingerprint density at radius 2 is 1.89 bits per heavy atom. The Labute approximate surface area is 112 Å². The fraction of sp³-hybridized carbons (Fsp3) is 0.769. The first-order chi connectivity index (χ1) is 8.49. The summed E-state index contributed by atoms with van der Waals surface area (Å²) in [6.45, 7) is 8.06. The lowest BCUT2D eigenvalue weighted by molar-refractivity contribution is -0.139. The summed E-state index contributed by atoms with van der Waals surface area (Å²) in [5.41, 5.74) is 1.75. The molecular formula is C13H22F3N3. The number of rotatable bonds is 4. The molecule has 110 valence electrons. The Morgan fingerprint density at radius 3 is 2.37 bits per heavy atom. The van der Waals surface area contributed by atoms with E-state index < -0.39 is 18.6 Å². The van der Waals surface area contributed by atoms with Gasteiger partial charge in [-0.25, -0.2) is 0 Å². The van der Waals surface area contributed by atoms with Crippen molar-refractivity contribution >= 4 is 0 Å². The Hall–Kier alpha value is -1.04. The Kier molecular flexibility index (Phi) is 4.66. The van der Waals surface area contributed by atoms with Gasteiger partial charge in [-0.2, -0.15) is 18.3 Å². The van der Waals surface area contributed by atoms with E-state index in [1.54, 1.807) is 11.6 Å². The smallest absolute Gasteiger partial charge is 0.310 e. The molecule has 0 saturated heterocycles. The quantitative estimate of drug-likeness (QED) is 0.916. The average Bonchev–Trinajstić information content (AvgIpc) is 2.53. The third-order valence-corrected chi connectivity index (χ3v) is 2.79. The molecule has 1 N–H and O–H groups in total. The van der Waals surface area contributed by atoms with Crippen molar-refractivity contribution < 1.29 is 13.2 Å². The van der Waals surface area contributed by atoms with Crippen LogP contribution in [0.5, 0.6) is 0 Å². The van der Waals surface area contributed by atoms with E-state index in [4.69, 9.17) is 0 Å². The fourth-order valence-corrected chi connectivity index (χ4v) is 2.00. The summed E-state index contributed by atoms with van der Waals surface area (Å²) in [4.78, 5) is 0. The van der Waals surface area contributed by atoms with E-state index in [0.29, 0.717) is 6.54 Å². The topological polar surface area (TPSA) is 29.9 Å². The molecule has 0 fully saturated rings. The first-order valence-electron chi connectivity index (χ1n) is 6.32. The van der Waals surface area contributed by atoms with Crippen molar-refractivity contribution in [2.45, 2.75) is 58.3 Å². The molecule has 0 saturated carbocycles. The van der Waals surface area contributed by atoms with Gasteiger partial charge in [0.25, 0.3) is 0 Å². The summed E-state index contributed by atoms with van der Waals surface area (Å²) in [5.74, 6) is 0. The zero-order chi connectivity index (χ0) is 14.8. The SMILES string of the molecule is CC(CC(F)(F)F)NCc1cn(C)nc1C(C)(C)C. The van der Waals surface area contributed by atoms with E-state index in [-0.39, 0.29) is 5.41 Å². The van der Waals surface area contributed by atoms with E-state index in [1.165, 1.54) is 0 Å². The van der Waals surface area contributed by atoms with Crippen LogP contribution in [0.4, 0.5) is 13.2 Å². The highest BCUT2D eigenvalue weighted by Gasteiger charge is 2.30. The zero-order valence-electron chi connectivity index (χ0n) is 12.1. The molecule has 0 radical (unpaired) electrons. The van der Waals surface area contributed by atoms with E-state index in [0.717, 1.165) is 11.3 Å². The van der Waals surface area contributed by atoms with Crippen molar-refractivity contribution in [3.63, 3.8) is 0 Å². The molecule has 19 heavy (non-hydrogen) atoms. The van der Waals surface area contributed by atoms with Gasteiger partial charge in [-0.05, 0) is 6.92 Å². The monoisotopic (exact) mass is 277 g/mol. The van der Waals surface area contributed by atoms with Crippen LogP contribution in [0.15, 0.2) is 6.20 Å². The molecule has 1 atom stereocenters. The fourth-order valence-electron chi connectivity index (χ4n) is 2.00. The summed E-state index contributed by atoms with van der Waals surface area (Å²) in [6.07, 6.45) is -3.10.